The van der Waals surface area contributed by atoms with Crippen molar-refractivity contribution in [3.8, 4) is 0 Å². The maximum atomic E-state index is 10.8. The van der Waals surface area contributed by atoms with E-state index in [9.17, 15) is 4.79 Å². The molecule has 0 radical (unpaired) electrons. The van der Waals surface area contributed by atoms with Gasteiger partial charge in [0.1, 0.15) is 0 Å². The lowest BCUT2D eigenvalue weighted by atomic mass is 9.78. The van der Waals surface area contributed by atoms with E-state index in [2.05, 4.69) is 4.74 Å². The van der Waals surface area contributed by atoms with Crippen LogP contribution in [0.2, 0.25) is 0 Å². The Bertz CT molecular complexity index is 155. The van der Waals surface area contributed by atoms with Crippen molar-refractivity contribution < 1.29 is 9.53 Å². The first-order valence-corrected chi connectivity index (χ1v) is 4.56. The Labute approximate surface area is 73.3 Å². The molecule has 0 saturated heterocycles. The summed E-state index contributed by atoms with van der Waals surface area (Å²) in [7, 11) is 1.41. The van der Waals surface area contributed by atoms with Crippen molar-refractivity contribution in [1.82, 2.24) is 0 Å². The van der Waals surface area contributed by atoms with Gasteiger partial charge in [0, 0.05) is 12.5 Å². The number of carbonyl (C=O) groups excluding carboxylic acids is 1. The molecule has 1 fully saturated rings. The quantitative estimate of drug-likeness (QED) is 0.644. The number of esters is 1. The van der Waals surface area contributed by atoms with Crippen LogP contribution in [0.4, 0.5) is 0 Å². The number of carbonyl (C=O) groups is 1. The maximum Gasteiger partial charge on any atom is 0.305 e. The van der Waals surface area contributed by atoms with E-state index in [0.29, 0.717) is 12.3 Å². The fourth-order valence-corrected chi connectivity index (χ4v) is 1.49. The van der Waals surface area contributed by atoms with Gasteiger partial charge < -0.3 is 10.5 Å². The fourth-order valence-electron chi connectivity index (χ4n) is 1.49. The minimum Gasteiger partial charge on any atom is -0.469 e. The summed E-state index contributed by atoms with van der Waals surface area (Å²) in [6.45, 7) is 0. The van der Waals surface area contributed by atoms with Crippen LogP contribution in [0.5, 0.6) is 0 Å². The van der Waals surface area contributed by atoms with Crippen molar-refractivity contribution in [3.05, 3.63) is 0 Å². The highest BCUT2D eigenvalue weighted by Gasteiger charge is 2.24. The molecule has 1 aliphatic carbocycles. The standard InChI is InChI=1S/C9H17NO2/c1-12-9(11)6-5-8(10)7-3-2-4-7/h7-8H,2-6,10H2,1H3. The first-order chi connectivity index (χ1) is 5.74. The minimum absolute atomic E-state index is 0.148. The molecular formula is C9H17NO2. The predicted octanol–water partition coefficient (Wildman–Crippen LogP) is 1.07. The van der Waals surface area contributed by atoms with E-state index in [1.807, 2.05) is 0 Å². The summed E-state index contributed by atoms with van der Waals surface area (Å²) in [5.74, 6) is 0.513. The molecule has 0 spiro atoms. The van der Waals surface area contributed by atoms with Crippen molar-refractivity contribution in [3.63, 3.8) is 0 Å². The van der Waals surface area contributed by atoms with E-state index < -0.39 is 0 Å². The number of hydrogen-bond acceptors (Lipinski definition) is 3. The third-order valence-corrected chi connectivity index (χ3v) is 2.66. The van der Waals surface area contributed by atoms with Gasteiger partial charge in [-0.3, -0.25) is 4.79 Å². The molecule has 1 unspecified atom stereocenters. The summed E-state index contributed by atoms with van der Waals surface area (Å²) in [6.07, 6.45) is 5.02. The second-order valence-corrected chi connectivity index (χ2v) is 3.47. The van der Waals surface area contributed by atoms with Crippen LogP contribution in [0.15, 0.2) is 0 Å². The minimum atomic E-state index is -0.148. The molecule has 1 saturated carbocycles. The Morgan fingerprint density at radius 1 is 1.67 bits per heavy atom. The highest BCUT2D eigenvalue weighted by atomic mass is 16.5. The average molecular weight is 171 g/mol. The highest BCUT2D eigenvalue weighted by molar-refractivity contribution is 5.69. The van der Waals surface area contributed by atoms with Crippen LogP contribution in [0.3, 0.4) is 0 Å². The second-order valence-electron chi connectivity index (χ2n) is 3.47. The summed E-state index contributed by atoms with van der Waals surface area (Å²) in [6, 6.07) is 0.206. The number of hydrogen-bond donors (Lipinski definition) is 1. The van der Waals surface area contributed by atoms with Crippen LogP contribution < -0.4 is 5.73 Å². The zero-order valence-electron chi connectivity index (χ0n) is 7.58. The number of methoxy groups -OCH3 is 1. The number of ether oxygens (including phenoxy) is 1. The van der Waals surface area contributed by atoms with Gasteiger partial charge in [-0.25, -0.2) is 0 Å². The van der Waals surface area contributed by atoms with E-state index in [1.165, 1.54) is 26.4 Å². The van der Waals surface area contributed by atoms with E-state index >= 15 is 0 Å². The largest absolute Gasteiger partial charge is 0.469 e. The number of rotatable bonds is 4. The molecule has 3 heteroatoms. The summed E-state index contributed by atoms with van der Waals surface area (Å²) >= 11 is 0. The molecule has 1 rings (SSSR count). The Morgan fingerprint density at radius 2 is 2.33 bits per heavy atom. The Morgan fingerprint density at radius 3 is 2.75 bits per heavy atom. The van der Waals surface area contributed by atoms with E-state index in [1.54, 1.807) is 0 Å². The smallest absolute Gasteiger partial charge is 0.305 e. The maximum absolute atomic E-state index is 10.8. The Kier molecular flexibility index (Phi) is 3.53. The first-order valence-electron chi connectivity index (χ1n) is 4.56. The van der Waals surface area contributed by atoms with Crippen LogP contribution >= 0.6 is 0 Å². The lowest BCUT2D eigenvalue weighted by Crippen LogP contribution is -2.34. The lowest BCUT2D eigenvalue weighted by Gasteiger charge is -2.30. The third kappa shape index (κ3) is 2.48. The van der Waals surface area contributed by atoms with Gasteiger partial charge in [0.25, 0.3) is 0 Å². The first kappa shape index (κ1) is 9.52. The second kappa shape index (κ2) is 4.45. The van der Waals surface area contributed by atoms with Crippen LogP contribution in [0.1, 0.15) is 32.1 Å². The molecule has 0 amide bonds. The van der Waals surface area contributed by atoms with Gasteiger partial charge in [0.15, 0.2) is 0 Å². The van der Waals surface area contributed by atoms with Crippen LogP contribution in [-0.4, -0.2) is 19.1 Å². The SMILES string of the molecule is COC(=O)CCC(N)C1CCC1. The lowest BCUT2D eigenvalue weighted by molar-refractivity contribution is -0.140. The average Bonchev–Trinajstić information content (AvgIpc) is 1.97. The summed E-state index contributed by atoms with van der Waals surface area (Å²) in [4.78, 5) is 10.8. The molecule has 0 bridgehead atoms. The Balaban J connectivity index is 2.09. The van der Waals surface area contributed by atoms with Gasteiger partial charge in [0.05, 0.1) is 7.11 Å². The zero-order chi connectivity index (χ0) is 8.97. The van der Waals surface area contributed by atoms with Crippen molar-refractivity contribution in [1.29, 1.82) is 0 Å². The van der Waals surface area contributed by atoms with Crippen LogP contribution in [0.25, 0.3) is 0 Å². The normalized spacial score (nSPS) is 19.8. The van der Waals surface area contributed by atoms with Crippen molar-refractivity contribution in [2.24, 2.45) is 11.7 Å². The van der Waals surface area contributed by atoms with E-state index in [4.69, 9.17) is 5.73 Å². The molecule has 70 valence electrons. The predicted molar refractivity (Wildman–Crippen MR) is 46.6 cm³/mol. The monoisotopic (exact) mass is 171 g/mol. The van der Waals surface area contributed by atoms with Gasteiger partial charge >= 0.3 is 5.97 Å². The summed E-state index contributed by atoms with van der Waals surface area (Å²) in [5.41, 5.74) is 5.87. The molecule has 0 aliphatic heterocycles. The van der Waals surface area contributed by atoms with E-state index in [-0.39, 0.29) is 12.0 Å². The summed E-state index contributed by atoms with van der Waals surface area (Å²) < 4.78 is 4.54. The highest BCUT2D eigenvalue weighted by Crippen LogP contribution is 2.30. The fraction of sp³-hybridized carbons (Fsp3) is 0.889. The van der Waals surface area contributed by atoms with Crippen molar-refractivity contribution >= 4 is 5.97 Å². The van der Waals surface area contributed by atoms with Gasteiger partial charge in [-0.1, -0.05) is 6.42 Å². The van der Waals surface area contributed by atoms with E-state index in [0.717, 1.165) is 6.42 Å². The van der Waals surface area contributed by atoms with Crippen LogP contribution in [0, 0.1) is 5.92 Å². The molecule has 0 heterocycles. The summed E-state index contributed by atoms with van der Waals surface area (Å²) in [5, 5.41) is 0. The molecule has 1 aliphatic rings. The molecule has 0 aromatic heterocycles. The molecule has 1 atom stereocenters. The van der Waals surface area contributed by atoms with Crippen molar-refractivity contribution in [2.75, 3.05) is 7.11 Å². The zero-order valence-corrected chi connectivity index (χ0v) is 7.58. The molecule has 3 nitrogen and oxygen atoms in total. The van der Waals surface area contributed by atoms with Crippen LogP contribution in [-0.2, 0) is 9.53 Å². The molecule has 0 aromatic rings. The van der Waals surface area contributed by atoms with Gasteiger partial charge in [0.2, 0.25) is 0 Å². The topological polar surface area (TPSA) is 52.3 Å². The van der Waals surface area contributed by atoms with Gasteiger partial charge in [-0.05, 0) is 25.2 Å². The molecule has 12 heavy (non-hydrogen) atoms. The number of nitrogens with two attached hydrogens (primary N) is 1. The third-order valence-electron chi connectivity index (χ3n) is 2.66. The molecule has 0 aromatic carbocycles. The van der Waals surface area contributed by atoms with Crippen molar-refractivity contribution in [2.45, 2.75) is 38.1 Å². The van der Waals surface area contributed by atoms with Gasteiger partial charge in [-0.2, -0.15) is 0 Å². The molecule has 2 N–H and O–H groups in total. The van der Waals surface area contributed by atoms with Gasteiger partial charge in [-0.15, -0.1) is 0 Å². The molecular weight excluding hydrogens is 154 g/mol. The Hall–Kier alpha value is -0.570.